The van der Waals surface area contributed by atoms with Crippen LogP contribution in [0.2, 0.25) is 0 Å². The molecule has 2 aromatic rings. The van der Waals surface area contributed by atoms with Gasteiger partial charge in [-0.2, -0.15) is 0 Å². The highest BCUT2D eigenvalue weighted by Crippen LogP contribution is 2.33. The summed E-state index contributed by atoms with van der Waals surface area (Å²) < 4.78 is 28.8. The number of hydrogen-bond donors (Lipinski definition) is 4. The number of sulfonamides is 1. The molecule has 13 heteroatoms. The molecule has 35 heavy (non-hydrogen) atoms. The van der Waals surface area contributed by atoms with Crippen molar-refractivity contribution in [2.24, 2.45) is 11.1 Å². The van der Waals surface area contributed by atoms with Gasteiger partial charge in [-0.25, -0.2) is 18.5 Å². The second-order valence-corrected chi connectivity index (χ2v) is 10.3. The lowest BCUT2D eigenvalue weighted by Gasteiger charge is -2.32. The predicted octanol–water partition coefficient (Wildman–Crippen LogP) is 1.22. The molecule has 1 aliphatic heterocycles. The molecule has 0 bridgehead atoms. The van der Waals surface area contributed by atoms with Crippen LogP contribution < -0.4 is 20.5 Å². The van der Waals surface area contributed by atoms with Gasteiger partial charge in [0.1, 0.15) is 0 Å². The van der Waals surface area contributed by atoms with Crippen LogP contribution in [0.1, 0.15) is 36.9 Å². The number of nitro groups is 1. The van der Waals surface area contributed by atoms with Gasteiger partial charge in [0.25, 0.3) is 11.6 Å². The minimum absolute atomic E-state index is 0.0216. The van der Waals surface area contributed by atoms with E-state index in [-0.39, 0.29) is 36.5 Å². The number of hydrogen-bond acceptors (Lipinski definition) is 9. The number of benzene rings is 1. The molecule has 2 aliphatic rings. The van der Waals surface area contributed by atoms with Crippen molar-refractivity contribution in [2.75, 3.05) is 11.9 Å². The molecule has 1 unspecified atom stereocenters. The molecule has 1 saturated carbocycles. The molecule has 5 N–H and O–H groups in total. The van der Waals surface area contributed by atoms with E-state index in [1.807, 2.05) is 6.07 Å². The SMILES string of the molecule is NS(=O)(=O)c1cccc(CC(O)C2CCC(NCc3ccc4c(n3)NC(=O)CO4)CC2)c1[N+](=O)[O-]. The number of carbonyl (C=O) groups is 1. The number of nitro benzene ring substituents is 1. The maximum absolute atomic E-state index is 11.8. The summed E-state index contributed by atoms with van der Waals surface area (Å²) in [7, 11) is -4.27. The predicted molar refractivity (Wildman–Crippen MR) is 125 cm³/mol. The largest absolute Gasteiger partial charge is 0.480 e. The van der Waals surface area contributed by atoms with E-state index in [2.05, 4.69) is 15.6 Å². The van der Waals surface area contributed by atoms with Gasteiger partial charge in [-0.1, -0.05) is 12.1 Å². The summed E-state index contributed by atoms with van der Waals surface area (Å²) in [5.41, 5.74) is 0.325. The second-order valence-electron chi connectivity index (χ2n) is 8.82. The molecule has 1 atom stereocenters. The number of aliphatic hydroxyl groups excluding tert-OH is 1. The summed E-state index contributed by atoms with van der Waals surface area (Å²) in [5, 5.41) is 33.6. The van der Waals surface area contributed by atoms with E-state index < -0.39 is 31.6 Å². The van der Waals surface area contributed by atoms with Gasteiger partial charge in [-0.3, -0.25) is 14.9 Å². The number of amides is 1. The van der Waals surface area contributed by atoms with Gasteiger partial charge in [-0.15, -0.1) is 0 Å². The first-order valence-corrected chi connectivity index (χ1v) is 12.8. The third kappa shape index (κ3) is 5.93. The highest BCUT2D eigenvalue weighted by Gasteiger charge is 2.31. The van der Waals surface area contributed by atoms with E-state index in [1.54, 1.807) is 6.07 Å². The van der Waals surface area contributed by atoms with E-state index in [4.69, 9.17) is 9.88 Å². The second kappa shape index (κ2) is 10.2. The maximum atomic E-state index is 11.8. The Morgan fingerprint density at radius 3 is 2.69 bits per heavy atom. The first-order chi connectivity index (χ1) is 16.6. The number of fused-ring (bicyclic) bond motifs is 1. The van der Waals surface area contributed by atoms with E-state index in [0.717, 1.165) is 24.6 Å². The number of aliphatic hydroxyl groups is 1. The minimum atomic E-state index is -4.27. The van der Waals surface area contributed by atoms with Crippen molar-refractivity contribution in [3.05, 3.63) is 51.7 Å². The number of nitrogens with one attached hydrogen (secondary N) is 2. The number of primary sulfonamides is 1. The zero-order chi connectivity index (χ0) is 25.2. The van der Waals surface area contributed by atoms with E-state index >= 15 is 0 Å². The summed E-state index contributed by atoms with van der Waals surface area (Å²) in [6, 6.07) is 7.75. The number of aromatic nitrogens is 1. The fourth-order valence-electron chi connectivity index (χ4n) is 4.62. The lowest BCUT2D eigenvalue weighted by molar-refractivity contribution is -0.388. The molecule has 1 aromatic heterocycles. The molecule has 0 saturated heterocycles. The Balaban J connectivity index is 1.32. The van der Waals surface area contributed by atoms with Crippen molar-refractivity contribution in [3.8, 4) is 5.75 Å². The van der Waals surface area contributed by atoms with Crippen molar-refractivity contribution in [3.63, 3.8) is 0 Å². The quantitative estimate of drug-likeness (QED) is 0.302. The molecule has 0 radical (unpaired) electrons. The van der Waals surface area contributed by atoms with Gasteiger partial charge in [-0.05, 0) is 49.8 Å². The highest BCUT2D eigenvalue weighted by atomic mass is 32.2. The standard InChI is InChI=1S/C22H27N5O7S/c23-35(32,33)19-3-1-2-14(21(19)27(30)31)10-17(28)13-4-6-15(7-5-13)24-11-16-8-9-18-22(25-16)26-20(29)12-34-18/h1-3,8-9,13,15,17,24,28H,4-7,10-12H2,(H2,23,32,33)(H,25,26,29). The molecule has 12 nitrogen and oxygen atoms in total. The van der Waals surface area contributed by atoms with E-state index in [0.29, 0.717) is 31.0 Å². The van der Waals surface area contributed by atoms with Gasteiger partial charge in [0, 0.05) is 24.6 Å². The van der Waals surface area contributed by atoms with Crippen LogP contribution >= 0.6 is 0 Å². The molecule has 1 amide bonds. The number of nitrogens with two attached hydrogens (primary N) is 1. The van der Waals surface area contributed by atoms with Crippen molar-refractivity contribution >= 4 is 27.4 Å². The number of rotatable bonds is 8. The minimum Gasteiger partial charge on any atom is -0.480 e. The molecule has 1 fully saturated rings. The van der Waals surface area contributed by atoms with Crippen LogP contribution in [0.15, 0.2) is 35.2 Å². The summed E-state index contributed by atoms with van der Waals surface area (Å²) in [6.45, 7) is 0.486. The van der Waals surface area contributed by atoms with Gasteiger partial charge in [0.05, 0.1) is 16.7 Å². The van der Waals surface area contributed by atoms with Gasteiger partial charge in [0.15, 0.2) is 23.1 Å². The summed E-state index contributed by atoms with van der Waals surface area (Å²) in [4.78, 5) is 26.1. The average molecular weight is 506 g/mol. The number of pyridine rings is 1. The molecular weight excluding hydrogens is 478 g/mol. The maximum Gasteiger partial charge on any atom is 0.292 e. The van der Waals surface area contributed by atoms with Crippen LogP contribution in [-0.4, -0.2) is 48.1 Å². The Hall–Kier alpha value is -3.13. The van der Waals surface area contributed by atoms with Crippen LogP contribution in [-0.2, 0) is 27.8 Å². The van der Waals surface area contributed by atoms with Crippen LogP contribution in [0.3, 0.4) is 0 Å². The lowest BCUT2D eigenvalue weighted by atomic mass is 9.81. The van der Waals surface area contributed by atoms with Crippen LogP contribution in [0.4, 0.5) is 11.5 Å². The molecule has 0 spiro atoms. The Morgan fingerprint density at radius 1 is 1.26 bits per heavy atom. The van der Waals surface area contributed by atoms with E-state index in [9.17, 15) is 28.4 Å². The van der Waals surface area contributed by atoms with Gasteiger partial charge >= 0.3 is 0 Å². The van der Waals surface area contributed by atoms with Crippen molar-refractivity contribution < 1.29 is 28.0 Å². The Bertz CT molecular complexity index is 1230. The Morgan fingerprint density at radius 2 is 2.00 bits per heavy atom. The fourth-order valence-corrected chi connectivity index (χ4v) is 5.36. The third-order valence-electron chi connectivity index (χ3n) is 6.42. The molecule has 188 valence electrons. The number of ether oxygens (including phenoxy) is 1. The Kier molecular flexibility index (Phi) is 7.31. The van der Waals surface area contributed by atoms with Gasteiger partial charge < -0.3 is 20.5 Å². The van der Waals surface area contributed by atoms with E-state index in [1.165, 1.54) is 12.1 Å². The topological polar surface area (TPSA) is 187 Å². The van der Waals surface area contributed by atoms with Crippen molar-refractivity contribution in [2.45, 2.75) is 55.7 Å². The molecule has 1 aromatic carbocycles. The summed E-state index contributed by atoms with van der Waals surface area (Å²) in [6.07, 6.45) is 2.13. The zero-order valence-electron chi connectivity index (χ0n) is 18.8. The third-order valence-corrected chi connectivity index (χ3v) is 7.36. The average Bonchev–Trinajstić information content (AvgIpc) is 2.82. The monoisotopic (exact) mass is 505 g/mol. The highest BCUT2D eigenvalue weighted by molar-refractivity contribution is 7.89. The zero-order valence-corrected chi connectivity index (χ0v) is 19.7. The van der Waals surface area contributed by atoms with Crippen LogP contribution in [0.25, 0.3) is 0 Å². The molecule has 4 rings (SSSR count). The molecule has 2 heterocycles. The summed E-state index contributed by atoms with van der Waals surface area (Å²) in [5.74, 6) is 0.638. The summed E-state index contributed by atoms with van der Waals surface area (Å²) >= 11 is 0. The van der Waals surface area contributed by atoms with Gasteiger partial charge in [0.2, 0.25) is 10.0 Å². The van der Waals surface area contributed by atoms with Crippen LogP contribution in [0.5, 0.6) is 5.75 Å². The smallest absolute Gasteiger partial charge is 0.292 e. The lowest BCUT2D eigenvalue weighted by Crippen LogP contribution is -2.36. The number of nitrogens with zero attached hydrogens (tertiary/aromatic N) is 2. The van der Waals surface area contributed by atoms with Crippen LogP contribution in [0, 0.1) is 16.0 Å². The number of anilines is 1. The Labute approximate surface area is 202 Å². The molecule has 1 aliphatic carbocycles. The van der Waals surface area contributed by atoms with Crippen molar-refractivity contribution in [1.82, 2.24) is 10.3 Å². The normalized spacial score (nSPS) is 20.9. The fraction of sp³-hybridized carbons (Fsp3) is 0.455. The first-order valence-electron chi connectivity index (χ1n) is 11.2. The first kappa shape index (κ1) is 25.0. The molecular formula is C22H27N5O7S. The van der Waals surface area contributed by atoms with Crippen molar-refractivity contribution in [1.29, 1.82) is 0 Å². The number of carbonyl (C=O) groups excluding carboxylic acids is 1. The number of para-hydroxylation sites is 1.